The summed E-state index contributed by atoms with van der Waals surface area (Å²) in [6.07, 6.45) is 5.11. The first-order valence-corrected chi connectivity index (χ1v) is 15.6. The maximum absolute atomic E-state index is 13.6. The van der Waals surface area contributed by atoms with Crippen molar-refractivity contribution in [2.24, 2.45) is 11.8 Å². The van der Waals surface area contributed by atoms with Crippen LogP contribution in [0, 0.1) is 11.8 Å². The summed E-state index contributed by atoms with van der Waals surface area (Å²) in [5.41, 5.74) is 0.661. The normalized spacial score (nSPS) is 25.6. The molecular weight excluding hydrogens is 512 g/mol. The number of aromatic nitrogens is 2. The summed E-state index contributed by atoms with van der Waals surface area (Å²) in [6.45, 7) is 13.4. The molecule has 0 saturated carbocycles. The lowest BCUT2D eigenvalue weighted by Crippen LogP contribution is -2.41. The molecule has 0 aromatic carbocycles. The van der Waals surface area contributed by atoms with Gasteiger partial charge in [-0.2, -0.15) is 8.42 Å². The summed E-state index contributed by atoms with van der Waals surface area (Å²) in [6, 6.07) is 8.63. The number of rotatable bonds is 1. The average Bonchev–Trinajstić information content (AvgIpc) is 3.19. The molecule has 10 heteroatoms. The van der Waals surface area contributed by atoms with E-state index in [9.17, 15) is 13.2 Å². The van der Waals surface area contributed by atoms with Gasteiger partial charge in [-0.1, -0.05) is 26.8 Å². The maximum atomic E-state index is 13.6. The molecule has 0 radical (unpaired) electrons. The predicted molar refractivity (Wildman–Crippen MR) is 154 cm³/mol. The summed E-state index contributed by atoms with van der Waals surface area (Å²) in [7, 11) is -4.20. The van der Waals surface area contributed by atoms with Crippen molar-refractivity contribution in [2.75, 3.05) is 29.9 Å². The molecule has 39 heavy (non-hydrogen) atoms. The fraction of sp³-hybridized carbons (Fsp3) is 0.621. The first-order valence-electron chi connectivity index (χ1n) is 14.1. The van der Waals surface area contributed by atoms with Gasteiger partial charge in [0.15, 0.2) is 5.03 Å². The molecule has 2 aromatic rings. The van der Waals surface area contributed by atoms with Gasteiger partial charge in [0, 0.05) is 29.2 Å². The Balaban J connectivity index is 1.59. The molecule has 2 aromatic heterocycles. The Hall–Kier alpha value is -2.72. The van der Waals surface area contributed by atoms with E-state index in [4.69, 9.17) is 4.98 Å². The van der Waals surface area contributed by atoms with E-state index < -0.39 is 15.9 Å². The number of amides is 1. The largest absolute Gasteiger partial charge is 0.367 e. The second kappa shape index (κ2) is 10.4. The standard InChI is InChI=1S/C29H42N6O3S/c1-28(2,3)23-12-10-21-26(32-23)35-18-19(17-29(35,4)5)9-11-22(20-13-15-30-16-14-20)31-24-7-6-8-25(33-24)39(37,38)34-27(21)36/h6-8,10,12,19-20,22,30H,9,11,13-18H2,1-5H3,(H,31,33)(H,34,36)/t19-,22?/m0/s1. The van der Waals surface area contributed by atoms with Crippen LogP contribution in [0.1, 0.15) is 82.8 Å². The summed E-state index contributed by atoms with van der Waals surface area (Å²) >= 11 is 0. The van der Waals surface area contributed by atoms with Crippen molar-refractivity contribution in [3.05, 3.63) is 41.6 Å². The SMILES string of the molecule is CC(C)(C)c1ccc2c(n1)N1C[C@@H](CCC(C3CCNCC3)Nc3cccc(n3)S(=O)(=O)NC2=O)CC1(C)C. The Morgan fingerprint density at radius 3 is 2.46 bits per heavy atom. The first-order chi connectivity index (χ1) is 18.3. The number of hydrogen-bond acceptors (Lipinski definition) is 8. The molecule has 3 aliphatic rings. The lowest BCUT2D eigenvalue weighted by molar-refractivity contribution is 0.0981. The molecule has 2 saturated heterocycles. The number of sulfonamides is 1. The minimum absolute atomic E-state index is 0.178. The van der Waals surface area contributed by atoms with Crippen LogP contribution in [0.5, 0.6) is 0 Å². The lowest BCUT2D eigenvalue weighted by Gasteiger charge is -2.34. The summed E-state index contributed by atoms with van der Waals surface area (Å²) < 4.78 is 29.0. The summed E-state index contributed by atoms with van der Waals surface area (Å²) in [4.78, 5) is 25.2. The summed E-state index contributed by atoms with van der Waals surface area (Å²) in [5.74, 6) is 1.28. The molecule has 212 valence electrons. The van der Waals surface area contributed by atoms with Gasteiger partial charge in [-0.15, -0.1) is 0 Å². The van der Waals surface area contributed by atoms with Gasteiger partial charge in [0.25, 0.3) is 15.9 Å². The molecule has 9 nitrogen and oxygen atoms in total. The zero-order valence-electron chi connectivity index (χ0n) is 23.8. The smallest absolute Gasteiger partial charge is 0.281 e. The van der Waals surface area contributed by atoms with Crippen LogP contribution >= 0.6 is 0 Å². The number of nitrogens with one attached hydrogen (secondary N) is 3. The topological polar surface area (TPSA) is 116 Å². The first kappa shape index (κ1) is 27.8. The van der Waals surface area contributed by atoms with Gasteiger partial charge in [0.1, 0.15) is 11.6 Å². The van der Waals surface area contributed by atoms with Crippen LogP contribution in [-0.4, -0.2) is 55.5 Å². The minimum atomic E-state index is -4.20. The number of piperidine rings is 1. The van der Waals surface area contributed by atoms with E-state index >= 15 is 0 Å². The molecule has 1 amide bonds. The Morgan fingerprint density at radius 1 is 1.00 bits per heavy atom. The third-order valence-corrected chi connectivity index (χ3v) is 9.73. The Morgan fingerprint density at radius 2 is 1.74 bits per heavy atom. The third kappa shape index (κ3) is 5.91. The van der Waals surface area contributed by atoms with Crippen molar-refractivity contribution in [1.29, 1.82) is 0 Å². The Labute approximate surface area is 232 Å². The van der Waals surface area contributed by atoms with Crippen molar-refractivity contribution < 1.29 is 13.2 Å². The molecule has 3 N–H and O–H groups in total. The van der Waals surface area contributed by atoms with Crippen molar-refractivity contribution in [3.63, 3.8) is 0 Å². The van der Waals surface area contributed by atoms with E-state index in [1.807, 2.05) is 6.07 Å². The molecule has 2 fully saturated rings. The average molecular weight is 555 g/mol. The van der Waals surface area contributed by atoms with Gasteiger partial charge in [0.2, 0.25) is 0 Å². The number of anilines is 2. The fourth-order valence-electron chi connectivity index (χ4n) is 6.35. The Bertz CT molecular complexity index is 1330. The molecule has 2 atom stereocenters. The van der Waals surface area contributed by atoms with E-state index in [2.05, 4.69) is 59.9 Å². The van der Waals surface area contributed by atoms with Crippen LogP contribution < -0.4 is 20.3 Å². The van der Waals surface area contributed by atoms with E-state index in [-0.39, 0.29) is 27.6 Å². The molecular formula is C29H42N6O3S. The van der Waals surface area contributed by atoms with Crippen LogP contribution in [0.4, 0.5) is 11.6 Å². The highest BCUT2D eigenvalue weighted by atomic mass is 32.2. The van der Waals surface area contributed by atoms with Crippen LogP contribution in [0.15, 0.2) is 35.4 Å². The number of carbonyl (C=O) groups excluding carboxylic acids is 1. The molecule has 1 unspecified atom stereocenters. The highest BCUT2D eigenvalue weighted by Gasteiger charge is 2.42. The zero-order valence-corrected chi connectivity index (χ0v) is 24.6. The van der Waals surface area contributed by atoms with Gasteiger partial charge in [0.05, 0.1) is 5.56 Å². The molecule has 4 bridgehead atoms. The molecule has 3 aliphatic heterocycles. The van der Waals surface area contributed by atoms with Gasteiger partial charge in [-0.05, 0) is 95.1 Å². The van der Waals surface area contributed by atoms with Crippen molar-refractivity contribution in [1.82, 2.24) is 20.0 Å². The highest BCUT2D eigenvalue weighted by Crippen LogP contribution is 2.41. The van der Waals surface area contributed by atoms with Crippen molar-refractivity contribution in [3.8, 4) is 0 Å². The van der Waals surface area contributed by atoms with Crippen molar-refractivity contribution >= 4 is 27.6 Å². The molecule has 0 spiro atoms. The predicted octanol–water partition coefficient (Wildman–Crippen LogP) is 4.07. The number of pyridine rings is 2. The van der Waals surface area contributed by atoms with Crippen LogP contribution in [0.2, 0.25) is 0 Å². The van der Waals surface area contributed by atoms with Gasteiger partial charge >= 0.3 is 0 Å². The van der Waals surface area contributed by atoms with Crippen molar-refractivity contribution in [2.45, 2.75) is 88.7 Å². The van der Waals surface area contributed by atoms with E-state index in [0.717, 1.165) is 57.4 Å². The summed E-state index contributed by atoms with van der Waals surface area (Å²) in [5, 5.41) is 6.86. The lowest BCUT2D eigenvalue weighted by atomic mass is 9.84. The van der Waals surface area contributed by atoms with Gasteiger partial charge in [-0.25, -0.2) is 14.7 Å². The fourth-order valence-corrected chi connectivity index (χ4v) is 7.29. The third-order valence-electron chi connectivity index (χ3n) is 8.50. The van der Waals surface area contributed by atoms with E-state index in [1.54, 1.807) is 18.2 Å². The second-order valence-electron chi connectivity index (χ2n) is 13.0. The highest BCUT2D eigenvalue weighted by molar-refractivity contribution is 7.90. The molecule has 0 aliphatic carbocycles. The van der Waals surface area contributed by atoms with E-state index in [0.29, 0.717) is 23.5 Å². The zero-order chi connectivity index (χ0) is 28.0. The monoisotopic (exact) mass is 554 g/mol. The van der Waals surface area contributed by atoms with Crippen LogP contribution in [0.3, 0.4) is 0 Å². The van der Waals surface area contributed by atoms with Gasteiger partial charge < -0.3 is 15.5 Å². The molecule has 5 rings (SSSR count). The Kier molecular flexibility index (Phi) is 7.39. The van der Waals surface area contributed by atoms with Crippen LogP contribution in [0.25, 0.3) is 0 Å². The quantitative estimate of drug-likeness (QED) is 0.483. The maximum Gasteiger partial charge on any atom is 0.281 e. The van der Waals surface area contributed by atoms with Crippen LogP contribution in [-0.2, 0) is 15.4 Å². The number of carbonyl (C=O) groups is 1. The number of fused-ring (bicyclic) bond motifs is 6. The number of hydrogen-bond donors (Lipinski definition) is 3. The molecule has 5 heterocycles. The number of nitrogens with zero attached hydrogens (tertiary/aromatic N) is 3. The minimum Gasteiger partial charge on any atom is -0.367 e. The van der Waals surface area contributed by atoms with Gasteiger partial charge in [-0.3, -0.25) is 4.79 Å². The van der Waals surface area contributed by atoms with E-state index in [1.165, 1.54) is 6.07 Å². The second-order valence-corrected chi connectivity index (χ2v) is 14.7.